The van der Waals surface area contributed by atoms with E-state index in [0.29, 0.717) is 11.8 Å². The zero-order valence-corrected chi connectivity index (χ0v) is 62.2. The van der Waals surface area contributed by atoms with Gasteiger partial charge in [-0.1, -0.05) is 251 Å². The van der Waals surface area contributed by atoms with Crippen LogP contribution in [0.3, 0.4) is 0 Å². The van der Waals surface area contributed by atoms with Crippen LogP contribution in [0.2, 0.25) is 0 Å². The fraction of sp³-hybridized carbons (Fsp3) is 0.416. The van der Waals surface area contributed by atoms with E-state index >= 15 is 0 Å². The molecule has 6 aliphatic heterocycles. The summed E-state index contributed by atoms with van der Waals surface area (Å²) < 4.78 is 0. The molecule has 0 saturated carbocycles. The molecule has 4 aromatic heterocycles. The lowest BCUT2D eigenvalue weighted by atomic mass is 9.78. The van der Waals surface area contributed by atoms with Crippen LogP contribution in [0.25, 0.3) is 103 Å². The van der Waals surface area contributed by atoms with Gasteiger partial charge in [0.1, 0.15) is 0 Å². The monoisotopic (exact) mass is 1280 g/mol. The third-order valence-corrected chi connectivity index (χ3v) is 22.5. The van der Waals surface area contributed by atoms with E-state index in [4.69, 9.17) is 19.9 Å². The van der Waals surface area contributed by atoms with Gasteiger partial charge < -0.3 is 19.8 Å². The van der Waals surface area contributed by atoms with Crippen LogP contribution in [0.5, 0.6) is 0 Å². The van der Waals surface area contributed by atoms with Crippen molar-refractivity contribution in [3.8, 4) is 44.5 Å². The second-order valence-electron chi connectivity index (χ2n) is 38.0. The quantitative estimate of drug-likeness (QED) is 0.135. The second kappa shape index (κ2) is 19.7. The van der Waals surface area contributed by atoms with Crippen LogP contribution in [0.4, 0.5) is 11.4 Å². The van der Waals surface area contributed by atoms with Crippen LogP contribution in [-0.4, -0.2) is 41.2 Å². The van der Waals surface area contributed by atoms with Crippen molar-refractivity contribution in [2.45, 2.75) is 239 Å². The van der Waals surface area contributed by atoms with Crippen LogP contribution in [0.1, 0.15) is 263 Å². The zero-order chi connectivity index (χ0) is 69.1. The molecule has 4 aromatic carbocycles. The maximum atomic E-state index is 6.14. The molecular weight excluding hydrogens is 1180 g/mol. The lowest BCUT2D eigenvalue weighted by molar-refractivity contribution is 0.568. The lowest BCUT2D eigenvalue weighted by Crippen LogP contribution is -2.37. The molecule has 496 valence electrons. The molecule has 2 saturated heterocycles. The lowest BCUT2D eigenvalue weighted by Gasteiger charge is -2.27. The Balaban J connectivity index is 1.13. The summed E-state index contributed by atoms with van der Waals surface area (Å²) in [5, 5.41) is 1.97. The van der Waals surface area contributed by atoms with Crippen molar-refractivity contribution in [3.63, 3.8) is 0 Å². The largest absolute Gasteiger partial charge is 0.354 e. The zero-order valence-electron chi connectivity index (χ0n) is 62.2. The van der Waals surface area contributed by atoms with Gasteiger partial charge in [-0.3, -0.25) is 0 Å². The summed E-state index contributed by atoms with van der Waals surface area (Å²) in [6.45, 7) is 56.3. The number of benzene rings is 4. The molecule has 17 rings (SSSR count). The molecule has 0 unspecified atom stereocenters. The van der Waals surface area contributed by atoms with E-state index in [0.717, 1.165) is 118 Å². The summed E-state index contributed by atoms with van der Waals surface area (Å²) >= 11 is 0. The number of hydrogen-bond donors (Lipinski definition) is 2. The highest BCUT2D eigenvalue weighted by Gasteiger charge is 3.01. The minimum Gasteiger partial charge on any atom is -0.354 e. The normalized spacial score (nSPS) is 20.4. The molecule has 2 N–H and O–H groups in total. The second-order valence-corrected chi connectivity index (χ2v) is 38.0. The van der Waals surface area contributed by atoms with Crippen molar-refractivity contribution >= 4 is 69.9 Å². The average Bonchev–Trinajstić information content (AvgIpc) is 1.37. The third-order valence-electron chi connectivity index (χ3n) is 22.5. The highest BCUT2D eigenvalue weighted by molar-refractivity contribution is 6.26. The maximum Gasteiger partial charge on any atom is 0.187 e. The summed E-state index contributed by atoms with van der Waals surface area (Å²) in [5.41, 5.74) is 29.2. The average molecular weight is 1280 g/mol. The van der Waals surface area contributed by atoms with Crippen molar-refractivity contribution in [1.29, 1.82) is 0 Å². The van der Waals surface area contributed by atoms with Crippen molar-refractivity contribution in [3.05, 3.63) is 186 Å². The molecule has 8 aromatic rings. The first-order valence-corrected chi connectivity index (χ1v) is 35.8. The van der Waals surface area contributed by atoms with Gasteiger partial charge in [-0.15, -0.1) is 0 Å². The van der Waals surface area contributed by atoms with Gasteiger partial charge in [0.15, 0.2) is 11.3 Å². The molecule has 0 amide bonds. The van der Waals surface area contributed by atoms with Gasteiger partial charge in [0.2, 0.25) is 0 Å². The van der Waals surface area contributed by atoms with Gasteiger partial charge in [0.05, 0.1) is 67.3 Å². The number of allylic oxidation sites excluding steroid dienone is 2. The first-order chi connectivity index (χ1) is 45.0. The molecule has 97 heavy (non-hydrogen) atoms. The molecule has 3 aliphatic carbocycles. The number of fused-ring (bicyclic) bond motifs is 14. The number of nitrogens with one attached hydrogen (secondary N) is 2. The van der Waals surface area contributed by atoms with Crippen LogP contribution < -0.4 is 20.5 Å². The van der Waals surface area contributed by atoms with Gasteiger partial charge in [0.25, 0.3) is 0 Å². The SMILES string of the molecule is CC(C)(C)c1cc(-c2c3nc(c(-c4cc(C(C)(C)C)cc(C(C)(C)C)c4)c4[nH]c(c(-c5cc(C(C)(C)C)cc(C(C)(C)C)c5)c5nc(c(-c6cc(C(C)(C)C)cc(C(C)(C)C)c6)c6ccc2[nH]6)C=C5)c2c4N4C56C=c7nc8c(nc7=CC45N26)[C@H]2C=C[C@@H]8C2)C=C3)cc(C(C)(C)C)c1. The maximum absolute atomic E-state index is 6.14. The topological polar surface area (TPSA) is 89.2 Å². The number of aromatic amines is 2. The number of hydrogen-bond acceptors (Lipinski definition) is 6. The Morgan fingerprint density at radius 3 is 0.856 bits per heavy atom. The molecule has 8 nitrogen and oxygen atoms in total. The van der Waals surface area contributed by atoms with Crippen LogP contribution >= 0.6 is 0 Å². The number of aromatic nitrogens is 6. The predicted octanol–water partition coefficient (Wildman–Crippen LogP) is 21.0. The molecule has 9 aliphatic rings. The van der Waals surface area contributed by atoms with Gasteiger partial charge in [-0.05, 0) is 165 Å². The van der Waals surface area contributed by atoms with Gasteiger partial charge >= 0.3 is 0 Å². The van der Waals surface area contributed by atoms with E-state index in [1.165, 1.54) is 55.9 Å². The first-order valence-electron chi connectivity index (χ1n) is 35.8. The standard InChI is InChI=1S/C89H100N8/c1-80(2,3)54-34-50(35-55(42-54)81(4,5)6)70-62-27-28-63(90-62)71(51-36-56(82(7,8)9)43-57(37-51)83(10,11)12)65-30-32-67(92-65)73(53-40-60(86(19,20)21)45-61(41-53)87(22,23)24)77-79-78(96-88-46-68-69(47-89(88,96)97(79)88)94-75-49-26-25-48(33-49)74(75)93-68)76(95-77)72(66-31-29-64(70)91-66)52-38-58(84(13,14)15)44-59(39-52)85(16,17)18/h25-32,34-49,90,95H,33H2,1-24H3/t48-,49+,88?,89?,96?,97?. The van der Waals surface area contributed by atoms with Crippen LogP contribution in [-0.2, 0) is 43.3 Å². The molecule has 8 heteroatoms. The molecule has 2 atom stereocenters. The third kappa shape index (κ3) is 9.61. The smallest absolute Gasteiger partial charge is 0.187 e. The Labute approximate surface area is 576 Å². The Kier molecular flexibility index (Phi) is 12.9. The Morgan fingerprint density at radius 1 is 0.330 bits per heavy atom. The van der Waals surface area contributed by atoms with Gasteiger partial charge in [-0.25, -0.2) is 19.9 Å². The number of H-pyrrole nitrogens is 2. The number of anilines is 2. The summed E-state index contributed by atoms with van der Waals surface area (Å²) in [6.07, 6.45) is 20.0. The molecule has 2 spiro atoms. The summed E-state index contributed by atoms with van der Waals surface area (Å²) in [6, 6.07) is 34.0. The highest BCUT2D eigenvalue weighted by atomic mass is 15.9. The summed E-state index contributed by atoms with van der Waals surface area (Å²) in [5.74, 6) is 0.640. The highest BCUT2D eigenvalue weighted by Crippen LogP contribution is 2.86. The molecule has 2 fully saturated rings. The van der Waals surface area contributed by atoms with Crippen LogP contribution in [0.15, 0.2) is 97.1 Å². The van der Waals surface area contributed by atoms with E-state index in [1.54, 1.807) is 0 Å². The molecule has 12 bridgehead atoms. The predicted molar refractivity (Wildman–Crippen MR) is 410 cm³/mol. The molecular formula is C89H100N8. The Hall–Kier alpha value is -8.36. The number of nitrogens with zero attached hydrogens (tertiary/aromatic N) is 6. The van der Waals surface area contributed by atoms with E-state index in [-0.39, 0.29) is 43.3 Å². The van der Waals surface area contributed by atoms with Gasteiger partial charge in [-0.2, -0.15) is 0 Å². The molecule has 10 heterocycles. The van der Waals surface area contributed by atoms with Crippen LogP contribution in [0, 0.1) is 0 Å². The fourth-order valence-corrected chi connectivity index (χ4v) is 16.3. The van der Waals surface area contributed by atoms with Crippen molar-refractivity contribution < 1.29 is 0 Å². The summed E-state index contributed by atoms with van der Waals surface area (Å²) in [4.78, 5) is 37.5. The minimum absolute atomic E-state index is 0.136. The van der Waals surface area contributed by atoms with E-state index in [2.05, 4.69) is 319 Å². The van der Waals surface area contributed by atoms with Crippen molar-refractivity contribution in [2.75, 3.05) is 9.80 Å². The first kappa shape index (κ1) is 63.4. The minimum atomic E-state index is -0.461. The van der Waals surface area contributed by atoms with Gasteiger partial charge in [0, 0.05) is 45.1 Å². The Morgan fingerprint density at radius 2 is 0.588 bits per heavy atom. The van der Waals surface area contributed by atoms with E-state index in [9.17, 15) is 0 Å². The summed E-state index contributed by atoms with van der Waals surface area (Å²) in [7, 11) is 0. The van der Waals surface area contributed by atoms with Crippen molar-refractivity contribution in [2.24, 2.45) is 0 Å². The Bertz CT molecular complexity index is 4780. The fourth-order valence-electron chi connectivity index (χ4n) is 16.3. The van der Waals surface area contributed by atoms with E-state index < -0.39 is 11.3 Å². The van der Waals surface area contributed by atoms with Crippen molar-refractivity contribution in [1.82, 2.24) is 29.9 Å². The number of rotatable bonds is 4. The van der Waals surface area contributed by atoms with E-state index in [1.807, 2.05) is 0 Å². The molecule has 0 radical (unpaired) electrons.